The van der Waals surface area contributed by atoms with Crippen molar-refractivity contribution in [1.29, 1.82) is 0 Å². The van der Waals surface area contributed by atoms with E-state index >= 15 is 0 Å². The molecule has 0 aliphatic rings. The van der Waals surface area contributed by atoms with Gasteiger partial charge in [-0.15, -0.1) is 6.58 Å². The number of likely N-dealkylation sites (N-methyl/N-ethyl adjacent to an activating group) is 1. The summed E-state index contributed by atoms with van der Waals surface area (Å²) in [6, 6.07) is 7.65. The summed E-state index contributed by atoms with van der Waals surface area (Å²) in [5, 5.41) is 3.23. The van der Waals surface area contributed by atoms with Crippen LogP contribution in [0.3, 0.4) is 0 Å². The minimum atomic E-state index is -3.26. The van der Waals surface area contributed by atoms with E-state index in [0.29, 0.717) is 6.54 Å². The zero-order valence-corrected chi connectivity index (χ0v) is 12.4. The molecule has 1 N–H and O–H groups in total. The number of hydrogen-bond acceptors (Lipinski definition) is 3. The Bertz CT molecular complexity index is 495. The molecule has 0 radical (unpaired) electrons. The Hall–Kier alpha value is -1.17. The molecule has 0 aromatic heterocycles. The van der Waals surface area contributed by atoms with E-state index in [9.17, 15) is 8.42 Å². The molecular weight excluding hydrogens is 260 g/mol. The van der Waals surface area contributed by atoms with Crippen LogP contribution in [0.1, 0.15) is 18.1 Å². The first-order chi connectivity index (χ1) is 8.99. The molecule has 0 unspecified atom stereocenters. The third-order valence-electron chi connectivity index (χ3n) is 2.81. The van der Waals surface area contributed by atoms with Gasteiger partial charge in [-0.05, 0) is 17.7 Å². The zero-order valence-electron chi connectivity index (χ0n) is 11.6. The van der Waals surface area contributed by atoms with Crippen LogP contribution < -0.4 is 5.32 Å². The molecule has 4 nitrogen and oxygen atoms in total. The van der Waals surface area contributed by atoms with Gasteiger partial charge in [0.15, 0.2) is 0 Å². The van der Waals surface area contributed by atoms with Gasteiger partial charge in [-0.2, -0.15) is 0 Å². The Morgan fingerprint density at radius 3 is 2.37 bits per heavy atom. The second-order valence-electron chi connectivity index (χ2n) is 4.42. The van der Waals surface area contributed by atoms with Crippen molar-refractivity contribution >= 4 is 10.0 Å². The van der Waals surface area contributed by atoms with Crippen LogP contribution in [0.2, 0.25) is 0 Å². The lowest BCUT2D eigenvalue weighted by Gasteiger charge is -2.15. The zero-order chi connectivity index (χ0) is 14.3. The molecule has 0 aliphatic heterocycles. The van der Waals surface area contributed by atoms with Gasteiger partial charge < -0.3 is 5.32 Å². The molecule has 1 aromatic rings. The van der Waals surface area contributed by atoms with Crippen LogP contribution in [0.25, 0.3) is 0 Å². The second kappa shape index (κ2) is 7.43. The molecule has 0 saturated carbocycles. The molecule has 1 rings (SSSR count). The van der Waals surface area contributed by atoms with Crippen LogP contribution in [0, 0.1) is 0 Å². The van der Waals surface area contributed by atoms with Crippen molar-refractivity contribution in [2.45, 2.75) is 19.2 Å². The maximum atomic E-state index is 12.0. The minimum absolute atomic E-state index is 0.0266. The second-order valence-corrected chi connectivity index (χ2v) is 6.50. The van der Waals surface area contributed by atoms with E-state index in [1.165, 1.54) is 4.31 Å². The molecule has 106 valence electrons. The third-order valence-corrected chi connectivity index (χ3v) is 4.61. The van der Waals surface area contributed by atoms with Gasteiger partial charge in [-0.3, -0.25) is 0 Å². The van der Waals surface area contributed by atoms with Crippen molar-refractivity contribution in [1.82, 2.24) is 9.62 Å². The SMILES string of the molecule is C=CCN(C)S(=O)(=O)Cc1ccc(CNCC)cc1. The van der Waals surface area contributed by atoms with Crippen molar-refractivity contribution in [3.63, 3.8) is 0 Å². The van der Waals surface area contributed by atoms with Crippen molar-refractivity contribution in [2.75, 3.05) is 20.1 Å². The summed E-state index contributed by atoms with van der Waals surface area (Å²) in [5.74, 6) is 0.0266. The quantitative estimate of drug-likeness (QED) is 0.739. The summed E-state index contributed by atoms with van der Waals surface area (Å²) in [6.07, 6.45) is 1.58. The van der Waals surface area contributed by atoms with Crippen molar-refractivity contribution < 1.29 is 8.42 Å². The first kappa shape index (κ1) is 15.9. The first-order valence-electron chi connectivity index (χ1n) is 6.33. The number of nitrogens with one attached hydrogen (secondary N) is 1. The minimum Gasteiger partial charge on any atom is -0.313 e. The largest absolute Gasteiger partial charge is 0.313 e. The molecule has 0 amide bonds. The molecule has 19 heavy (non-hydrogen) atoms. The van der Waals surface area contributed by atoms with Crippen LogP contribution in [0.5, 0.6) is 0 Å². The Morgan fingerprint density at radius 1 is 1.26 bits per heavy atom. The molecule has 0 aliphatic carbocycles. The van der Waals surface area contributed by atoms with Crippen LogP contribution >= 0.6 is 0 Å². The van der Waals surface area contributed by atoms with Crippen molar-refractivity contribution in [2.24, 2.45) is 0 Å². The smallest absolute Gasteiger partial charge is 0.218 e. The van der Waals surface area contributed by atoms with E-state index < -0.39 is 10.0 Å². The summed E-state index contributed by atoms with van der Waals surface area (Å²) in [6.45, 7) is 7.66. The molecule has 1 aromatic carbocycles. The highest BCUT2D eigenvalue weighted by molar-refractivity contribution is 7.88. The Kier molecular flexibility index (Phi) is 6.21. The molecule has 0 atom stereocenters. The summed E-state index contributed by atoms with van der Waals surface area (Å²) >= 11 is 0. The van der Waals surface area contributed by atoms with Gasteiger partial charge in [-0.1, -0.05) is 37.3 Å². The molecule has 0 saturated heterocycles. The van der Waals surface area contributed by atoms with E-state index in [2.05, 4.69) is 18.8 Å². The Morgan fingerprint density at radius 2 is 1.84 bits per heavy atom. The van der Waals surface area contributed by atoms with Gasteiger partial charge in [0.1, 0.15) is 0 Å². The molecule has 0 heterocycles. The average Bonchev–Trinajstić information content (AvgIpc) is 2.38. The molecule has 5 heteroatoms. The van der Waals surface area contributed by atoms with Gasteiger partial charge in [0.25, 0.3) is 0 Å². The maximum Gasteiger partial charge on any atom is 0.218 e. The van der Waals surface area contributed by atoms with Gasteiger partial charge in [0.2, 0.25) is 10.0 Å². The highest BCUT2D eigenvalue weighted by atomic mass is 32.2. The van der Waals surface area contributed by atoms with Gasteiger partial charge in [0, 0.05) is 20.1 Å². The third kappa shape index (κ3) is 5.14. The Labute approximate surface area is 116 Å². The normalized spacial score (nSPS) is 11.7. The predicted octanol–water partition coefficient (Wildman–Crippen LogP) is 1.74. The molecular formula is C14H22N2O2S. The first-order valence-corrected chi connectivity index (χ1v) is 7.94. The highest BCUT2D eigenvalue weighted by Crippen LogP contribution is 2.11. The number of benzene rings is 1. The monoisotopic (exact) mass is 282 g/mol. The summed E-state index contributed by atoms with van der Waals surface area (Å²) < 4.78 is 25.3. The summed E-state index contributed by atoms with van der Waals surface area (Å²) in [5.41, 5.74) is 1.96. The highest BCUT2D eigenvalue weighted by Gasteiger charge is 2.16. The fraction of sp³-hybridized carbons (Fsp3) is 0.429. The number of rotatable bonds is 8. The molecule has 0 bridgehead atoms. The van der Waals surface area contributed by atoms with E-state index in [4.69, 9.17) is 0 Å². The van der Waals surface area contributed by atoms with Crippen molar-refractivity contribution in [3.05, 3.63) is 48.0 Å². The molecule has 0 fully saturated rings. The number of sulfonamides is 1. The fourth-order valence-electron chi connectivity index (χ4n) is 1.64. The van der Waals surface area contributed by atoms with E-state index in [-0.39, 0.29) is 5.75 Å². The lowest BCUT2D eigenvalue weighted by Crippen LogP contribution is -2.28. The Balaban J connectivity index is 2.69. The van der Waals surface area contributed by atoms with E-state index in [1.807, 2.05) is 24.3 Å². The van der Waals surface area contributed by atoms with Crippen LogP contribution in [0.15, 0.2) is 36.9 Å². The maximum absolute atomic E-state index is 12.0. The summed E-state index contributed by atoms with van der Waals surface area (Å²) in [4.78, 5) is 0. The van der Waals surface area contributed by atoms with Crippen LogP contribution in [-0.2, 0) is 22.3 Å². The van der Waals surface area contributed by atoms with Crippen LogP contribution in [0.4, 0.5) is 0 Å². The molecule has 0 spiro atoms. The average molecular weight is 282 g/mol. The van der Waals surface area contributed by atoms with Gasteiger partial charge >= 0.3 is 0 Å². The van der Waals surface area contributed by atoms with E-state index in [0.717, 1.165) is 24.2 Å². The van der Waals surface area contributed by atoms with Gasteiger partial charge in [0.05, 0.1) is 5.75 Å². The summed E-state index contributed by atoms with van der Waals surface area (Å²) in [7, 11) is -1.69. The lowest BCUT2D eigenvalue weighted by molar-refractivity contribution is 0.498. The predicted molar refractivity (Wildman–Crippen MR) is 79.3 cm³/mol. The lowest BCUT2D eigenvalue weighted by atomic mass is 10.1. The van der Waals surface area contributed by atoms with E-state index in [1.54, 1.807) is 13.1 Å². The number of hydrogen-bond donors (Lipinski definition) is 1. The van der Waals surface area contributed by atoms with Crippen molar-refractivity contribution in [3.8, 4) is 0 Å². The van der Waals surface area contributed by atoms with Crippen LogP contribution in [-0.4, -0.2) is 32.9 Å². The fourth-order valence-corrected chi connectivity index (χ4v) is 2.81. The number of nitrogens with zero attached hydrogens (tertiary/aromatic N) is 1. The topological polar surface area (TPSA) is 49.4 Å². The van der Waals surface area contributed by atoms with Gasteiger partial charge in [-0.25, -0.2) is 12.7 Å². The standard InChI is InChI=1S/C14H22N2O2S/c1-4-10-16(3)19(17,18)12-14-8-6-13(7-9-14)11-15-5-2/h4,6-9,15H,1,5,10-12H2,2-3H3.